The van der Waals surface area contributed by atoms with Gasteiger partial charge in [0, 0.05) is 17.9 Å². The number of ketones is 3. The van der Waals surface area contributed by atoms with Crippen LogP contribution in [0.5, 0.6) is 0 Å². The molecule has 0 heterocycles. The minimum atomic E-state index is -0.0731. The summed E-state index contributed by atoms with van der Waals surface area (Å²) < 4.78 is 0. The van der Waals surface area contributed by atoms with Gasteiger partial charge in [0.1, 0.15) is 11.6 Å². The van der Waals surface area contributed by atoms with E-state index in [2.05, 4.69) is 47.6 Å². The molecule has 0 spiro atoms. The summed E-state index contributed by atoms with van der Waals surface area (Å²) in [6.45, 7) is 14.6. The van der Waals surface area contributed by atoms with E-state index in [4.69, 9.17) is 0 Å². The van der Waals surface area contributed by atoms with Gasteiger partial charge in [0.05, 0.1) is 6.42 Å². The average molecular weight is 469 g/mol. The van der Waals surface area contributed by atoms with E-state index in [9.17, 15) is 14.4 Å². The number of aryl methyl sites for hydroxylation is 2. The maximum absolute atomic E-state index is 13.5. The molecule has 1 aromatic rings. The summed E-state index contributed by atoms with van der Waals surface area (Å²) in [7, 11) is 0. The number of hydrogen-bond acceptors (Lipinski definition) is 3. The summed E-state index contributed by atoms with van der Waals surface area (Å²) >= 11 is 0. The zero-order valence-corrected chi connectivity index (χ0v) is 22.9. The molecule has 3 unspecified atom stereocenters. The van der Waals surface area contributed by atoms with Gasteiger partial charge < -0.3 is 0 Å². The quantitative estimate of drug-likeness (QED) is 0.263. The SMILES string of the molecule is CCCC(CC1CC(=O)c2c(C)c(CCCC(C)C)cc(CC)c2C1)C(CC)C(=O)CC(C)=O. The van der Waals surface area contributed by atoms with Crippen molar-refractivity contribution in [3.63, 3.8) is 0 Å². The molecule has 0 bridgehead atoms. The monoisotopic (exact) mass is 468 g/mol. The van der Waals surface area contributed by atoms with Crippen molar-refractivity contribution in [2.24, 2.45) is 23.7 Å². The second-order valence-electron chi connectivity index (χ2n) is 11.2. The first-order chi connectivity index (χ1) is 16.1. The van der Waals surface area contributed by atoms with Gasteiger partial charge in [-0.15, -0.1) is 0 Å². The summed E-state index contributed by atoms with van der Waals surface area (Å²) in [5, 5.41) is 0. The molecule has 0 fully saturated rings. The normalized spacial score (nSPS) is 17.5. The standard InChI is InChI=1S/C31H48O3/c1-8-12-26(27(10-3)29(33)15-21(6)32)16-23-17-28-24(9-2)19-25(14-11-13-20(4)5)22(7)31(28)30(34)18-23/h19-20,23,26-27H,8-18H2,1-7H3. The molecular formula is C31H48O3. The van der Waals surface area contributed by atoms with Gasteiger partial charge in [-0.3, -0.25) is 14.4 Å². The van der Waals surface area contributed by atoms with E-state index in [1.807, 2.05) is 0 Å². The predicted molar refractivity (Wildman–Crippen MR) is 142 cm³/mol. The number of rotatable bonds is 14. The van der Waals surface area contributed by atoms with Crippen LogP contribution in [0, 0.1) is 30.6 Å². The Morgan fingerprint density at radius 3 is 2.32 bits per heavy atom. The van der Waals surface area contributed by atoms with E-state index in [0.29, 0.717) is 18.1 Å². The third-order valence-electron chi connectivity index (χ3n) is 7.89. The third-order valence-corrected chi connectivity index (χ3v) is 7.89. The largest absolute Gasteiger partial charge is 0.300 e. The molecule has 3 heteroatoms. The minimum Gasteiger partial charge on any atom is -0.300 e. The molecular weight excluding hydrogens is 420 g/mol. The van der Waals surface area contributed by atoms with Crippen LogP contribution in [-0.2, 0) is 28.9 Å². The van der Waals surface area contributed by atoms with Gasteiger partial charge in [0.2, 0.25) is 0 Å². The molecule has 190 valence electrons. The van der Waals surface area contributed by atoms with E-state index in [1.54, 1.807) is 0 Å². The van der Waals surface area contributed by atoms with Crippen molar-refractivity contribution in [2.45, 2.75) is 119 Å². The second kappa shape index (κ2) is 13.4. The van der Waals surface area contributed by atoms with Crippen LogP contribution in [0.25, 0.3) is 0 Å². The lowest BCUT2D eigenvalue weighted by molar-refractivity contribution is -0.129. The summed E-state index contributed by atoms with van der Waals surface area (Å²) in [5.41, 5.74) is 6.17. The lowest BCUT2D eigenvalue weighted by atomic mass is 9.70. The van der Waals surface area contributed by atoms with Crippen LogP contribution in [-0.4, -0.2) is 17.3 Å². The van der Waals surface area contributed by atoms with Gasteiger partial charge in [-0.2, -0.15) is 0 Å². The molecule has 0 aromatic heterocycles. The Labute approximate surface area is 208 Å². The Morgan fingerprint density at radius 1 is 1.06 bits per heavy atom. The van der Waals surface area contributed by atoms with Crippen LogP contribution in [0.1, 0.15) is 126 Å². The first-order valence-corrected chi connectivity index (χ1v) is 13.8. The molecule has 0 saturated carbocycles. The Morgan fingerprint density at radius 2 is 1.76 bits per heavy atom. The summed E-state index contributed by atoms with van der Waals surface area (Å²) in [4.78, 5) is 37.9. The number of carbonyl (C=O) groups is 3. The van der Waals surface area contributed by atoms with E-state index in [-0.39, 0.29) is 35.7 Å². The topological polar surface area (TPSA) is 51.2 Å². The highest BCUT2D eigenvalue weighted by atomic mass is 16.1. The number of Topliss-reactive ketones (excluding diaryl/α,β-unsaturated/α-hetero) is 3. The van der Waals surface area contributed by atoms with Gasteiger partial charge in [0.15, 0.2) is 5.78 Å². The van der Waals surface area contributed by atoms with Crippen LogP contribution in [0.2, 0.25) is 0 Å². The van der Waals surface area contributed by atoms with Crippen LogP contribution in [0.4, 0.5) is 0 Å². The minimum absolute atomic E-state index is 0.0456. The number of hydrogen-bond donors (Lipinski definition) is 0. The van der Waals surface area contributed by atoms with Crippen LogP contribution >= 0.6 is 0 Å². The van der Waals surface area contributed by atoms with Crippen molar-refractivity contribution in [2.75, 3.05) is 0 Å². The molecule has 1 aliphatic rings. The van der Waals surface area contributed by atoms with Crippen molar-refractivity contribution in [3.05, 3.63) is 33.9 Å². The molecule has 0 N–H and O–H groups in total. The van der Waals surface area contributed by atoms with E-state index >= 15 is 0 Å². The van der Waals surface area contributed by atoms with E-state index in [0.717, 1.165) is 50.5 Å². The highest BCUT2D eigenvalue weighted by Gasteiger charge is 2.34. The first kappa shape index (κ1) is 28.5. The average Bonchev–Trinajstić information content (AvgIpc) is 2.75. The highest BCUT2D eigenvalue weighted by Crippen LogP contribution is 2.38. The van der Waals surface area contributed by atoms with Crippen LogP contribution in [0.15, 0.2) is 6.07 Å². The molecule has 1 aliphatic carbocycles. The lowest BCUT2D eigenvalue weighted by Crippen LogP contribution is -2.30. The fourth-order valence-corrected chi connectivity index (χ4v) is 6.21. The smallest absolute Gasteiger partial charge is 0.163 e. The first-order valence-electron chi connectivity index (χ1n) is 13.8. The Hall–Kier alpha value is -1.77. The zero-order valence-electron chi connectivity index (χ0n) is 22.9. The van der Waals surface area contributed by atoms with Crippen molar-refractivity contribution < 1.29 is 14.4 Å². The van der Waals surface area contributed by atoms with Crippen molar-refractivity contribution >= 4 is 17.3 Å². The van der Waals surface area contributed by atoms with Crippen molar-refractivity contribution in [1.29, 1.82) is 0 Å². The molecule has 3 atom stereocenters. The van der Waals surface area contributed by atoms with Gasteiger partial charge in [-0.25, -0.2) is 0 Å². The van der Waals surface area contributed by atoms with Gasteiger partial charge in [0.25, 0.3) is 0 Å². The molecule has 0 aliphatic heterocycles. The molecule has 1 aromatic carbocycles. The fourth-order valence-electron chi connectivity index (χ4n) is 6.21. The summed E-state index contributed by atoms with van der Waals surface area (Å²) in [6, 6.07) is 2.37. The summed E-state index contributed by atoms with van der Waals surface area (Å²) in [6.07, 6.45) is 9.63. The van der Waals surface area contributed by atoms with Crippen molar-refractivity contribution in [3.8, 4) is 0 Å². The van der Waals surface area contributed by atoms with Crippen LogP contribution in [0.3, 0.4) is 0 Å². The predicted octanol–water partition coefficient (Wildman–Crippen LogP) is 7.66. The molecule has 2 rings (SSSR count). The third kappa shape index (κ3) is 7.36. The lowest BCUT2D eigenvalue weighted by Gasteiger charge is -2.33. The molecule has 0 amide bonds. The number of fused-ring (bicyclic) bond motifs is 1. The highest BCUT2D eigenvalue weighted by molar-refractivity contribution is 6.01. The maximum Gasteiger partial charge on any atom is 0.163 e. The van der Waals surface area contributed by atoms with E-state index in [1.165, 1.54) is 42.0 Å². The van der Waals surface area contributed by atoms with Crippen LogP contribution < -0.4 is 0 Å². The van der Waals surface area contributed by atoms with E-state index < -0.39 is 0 Å². The Kier molecular flexibility index (Phi) is 11.2. The number of benzene rings is 1. The molecule has 3 nitrogen and oxygen atoms in total. The number of carbonyl (C=O) groups excluding carboxylic acids is 3. The molecule has 0 radical (unpaired) electrons. The molecule has 0 saturated heterocycles. The molecule has 34 heavy (non-hydrogen) atoms. The second-order valence-corrected chi connectivity index (χ2v) is 11.2. The van der Waals surface area contributed by atoms with Gasteiger partial charge in [-0.05, 0) is 92.4 Å². The Bertz CT molecular complexity index is 864. The van der Waals surface area contributed by atoms with Gasteiger partial charge >= 0.3 is 0 Å². The fraction of sp³-hybridized carbons (Fsp3) is 0.710. The summed E-state index contributed by atoms with van der Waals surface area (Å²) in [5.74, 6) is 1.50. The Balaban J connectivity index is 2.28. The maximum atomic E-state index is 13.5. The van der Waals surface area contributed by atoms with Gasteiger partial charge in [-0.1, -0.05) is 59.9 Å². The van der Waals surface area contributed by atoms with Crippen molar-refractivity contribution in [1.82, 2.24) is 0 Å². The zero-order chi connectivity index (χ0) is 25.4.